The molecular formula is C33H29N3O4S. The van der Waals surface area contributed by atoms with Crippen LogP contribution in [-0.4, -0.2) is 38.6 Å². The molecule has 1 aliphatic rings. The van der Waals surface area contributed by atoms with Crippen molar-refractivity contribution in [3.63, 3.8) is 0 Å². The number of aliphatic imine (C=N–C) groups is 1. The van der Waals surface area contributed by atoms with Crippen LogP contribution >= 0.6 is 11.8 Å². The van der Waals surface area contributed by atoms with Crippen LogP contribution in [0.4, 0.5) is 0 Å². The van der Waals surface area contributed by atoms with E-state index in [1.54, 1.807) is 43.4 Å². The number of benzene rings is 3. The largest absolute Gasteiger partial charge is 0.508 e. The normalized spacial score (nSPS) is 15.0. The first kappa shape index (κ1) is 29.0. The number of hydrogen-bond donors (Lipinski definition) is 2. The van der Waals surface area contributed by atoms with E-state index in [-0.39, 0.29) is 34.2 Å². The van der Waals surface area contributed by atoms with Gasteiger partial charge in [0.2, 0.25) is 5.91 Å². The smallest absolute Gasteiger partial charge is 0.285 e. The molecule has 0 aromatic heterocycles. The predicted molar refractivity (Wildman–Crippen MR) is 164 cm³/mol. The second-order valence-electron chi connectivity index (χ2n) is 8.91. The average Bonchev–Trinajstić information content (AvgIpc) is 3.00. The van der Waals surface area contributed by atoms with Gasteiger partial charge in [-0.3, -0.25) is 19.3 Å². The molecule has 7 nitrogen and oxygen atoms in total. The minimum atomic E-state index is -0.711. The summed E-state index contributed by atoms with van der Waals surface area (Å²) in [7, 11) is 0. The first-order valence-corrected chi connectivity index (χ1v) is 13.9. The molecule has 1 aliphatic heterocycles. The van der Waals surface area contributed by atoms with Crippen LogP contribution in [0.1, 0.15) is 29.7 Å². The van der Waals surface area contributed by atoms with Gasteiger partial charge in [-0.25, -0.2) is 0 Å². The molecule has 0 aliphatic carbocycles. The fraction of sp³-hybridized carbons (Fsp3) is 0.0909. The van der Waals surface area contributed by atoms with E-state index in [1.165, 1.54) is 23.1 Å². The van der Waals surface area contributed by atoms with Crippen molar-refractivity contribution >= 4 is 40.7 Å². The highest BCUT2D eigenvalue weighted by molar-refractivity contribution is 8.14. The van der Waals surface area contributed by atoms with Crippen molar-refractivity contribution in [2.75, 3.05) is 5.75 Å². The van der Waals surface area contributed by atoms with Gasteiger partial charge in [-0.05, 0) is 47.9 Å². The second kappa shape index (κ2) is 13.9. The van der Waals surface area contributed by atoms with Gasteiger partial charge in [-0.2, -0.15) is 4.99 Å². The lowest BCUT2D eigenvalue weighted by atomic mass is 9.99. The third-order valence-corrected chi connectivity index (χ3v) is 7.06. The molecule has 8 heteroatoms. The zero-order valence-electron chi connectivity index (χ0n) is 22.4. The topological polar surface area (TPSA) is 99.1 Å². The quantitative estimate of drug-likeness (QED) is 0.195. The number of rotatable bonds is 9. The van der Waals surface area contributed by atoms with E-state index in [4.69, 9.17) is 0 Å². The molecule has 4 rings (SSSR count). The maximum Gasteiger partial charge on any atom is 0.285 e. The van der Waals surface area contributed by atoms with Gasteiger partial charge in [-0.15, -0.1) is 0 Å². The molecule has 0 bridgehead atoms. The third kappa shape index (κ3) is 7.38. The summed E-state index contributed by atoms with van der Waals surface area (Å²) in [5, 5.41) is 12.7. The Morgan fingerprint density at radius 3 is 2.17 bits per heavy atom. The average molecular weight is 564 g/mol. The van der Waals surface area contributed by atoms with E-state index in [2.05, 4.69) is 16.9 Å². The van der Waals surface area contributed by atoms with E-state index < -0.39 is 11.8 Å². The summed E-state index contributed by atoms with van der Waals surface area (Å²) in [4.78, 5) is 45.4. The molecule has 206 valence electrons. The Morgan fingerprint density at radius 1 is 1.00 bits per heavy atom. The van der Waals surface area contributed by atoms with Gasteiger partial charge in [0, 0.05) is 5.70 Å². The summed E-state index contributed by atoms with van der Waals surface area (Å²) in [6, 6.07) is 25.0. The summed E-state index contributed by atoms with van der Waals surface area (Å²) in [5.74, 6) is -1.58. The van der Waals surface area contributed by atoms with Crippen LogP contribution in [0.5, 0.6) is 5.75 Å². The SMILES string of the molecule is C=C/C=C\C(=C/C)N1C(=O)/C(=C/c2ccc(O)cc2)C(=O)N=C1SCC(=O)NC(c1ccccc1)c1ccccc1. The fourth-order valence-electron chi connectivity index (χ4n) is 4.13. The molecule has 1 heterocycles. The maximum absolute atomic E-state index is 13.7. The highest BCUT2D eigenvalue weighted by Crippen LogP contribution is 2.27. The zero-order valence-corrected chi connectivity index (χ0v) is 23.3. The number of carbonyl (C=O) groups is 3. The predicted octanol–water partition coefficient (Wildman–Crippen LogP) is 5.79. The van der Waals surface area contributed by atoms with Crippen LogP contribution in [-0.2, 0) is 14.4 Å². The second-order valence-corrected chi connectivity index (χ2v) is 9.85. The lowest BCUT2D eigenvalue weighted by Gasteiger charge is -2.28. The van der Waals surface area contributed by atoms with Gasteiger partial charge in [0.05, 0.1) is 11.8 Å². The highest BCUT2D eigenvalue weighted by Gasteiger charge is 2.35. The van der Waals surface area contributed by atoms with Crippen molar-refractivity contribution in [2.24, 2.45) is 4.99 Å². The van der Waals surface area contributed by atoms with Gasteiger partial charge in [-0.1, -0.05) is 109 Å². The number of aromatic hydroxyl groups is 1. The first-order chi connectivity index (χ1) is 19.9. The molecule has 0 fully saturated rings. The van der Waals surface area contributed by atoms with Crippen LogP contribution < -0.4 is 5.32 Å². The number of amides is 3. The Hall–Kier alpha value is -4.95. The Labute approximate surface area is 243 Å². The molecule has 3 aromatic carbocycles. The lowest BCUT2D eigenvalue weighted by molar-refractivity contribution is -0.126. The Balaban J connectivity index is 1.60. The summed E-state index contributed by atoms with van der Waals surface area (Å²) in [6.45, 7) is 5.44. The molecular weight excluding hydrogens is 534 g/mol. The Bertz CT molecular complexity index is 1500. The molecule has 0 radical (unpaired) electrons. The molecule has 41 heavy (non-hydrogen) atoms. The minimum absolute atomic E-state index is 0.0672. The summed E-state index contributed by atoms with van der Waals surface area (Å²) < 4.78 is 0. The monoisotopic (exact) mass is 563 g/mol. The van der Waals surface area contributed by atoms with Crippen LogP contribution in [0.15, 0.2) is 132 Å². The number of phenols is 1. The van der Waals surface area contributed by atoms with Crippen molar-refractivity contribution in [3.05, 3.63) is 144 Å². The molecule has 0 saturated carbocycles. The van der Waals surface area contributed by atoms with Crippen LogP contribution in [0.25, 0.3) is 6.08 Å². The third-order valence-electron chi connectivity index (χ3n) is 6.12. The minimum Gasteiger partial charge on any atom is -0.508 e. The van der Waals surface area contributed by atoms with Crippen LogP contribution in [0.3, 0.4) is 0 Å². The first-order valence-electron chi connectivity index (χ1n) is 12.9. The van der Waals surface area contributed by atoms with Gasteiger partial charge in [0.1, 0.15) is 11.3 Å². The molecule has 2 N–H and O–H groups in total. The number of allylic oxidation sites excluding steroid dienone is 4. The number of hydrogen-bond acceptors (Lipinski definition) is 5. The van der Waals surface area contributed by atoms with Crippen LogP contribution in [0.2, 0.25) is 0 Å². The number of amidine groups is 1. The lowest BCUT2D eigenvalue weighted by Crippen LogP contribution is -2.42. The van der Waals surface area contributed by atoms with E-state index in [0.29, 0.717) is 11.3 Å². The molecule has 3 aromatic rings. The molecule has 0 atom stereocenters. The molecule has 3 amide bonds. The van der Waals surface area contributed by atoms with Gasteiger partial charge < -0.3 is 10.4 Å². The molecule has 0 spiro atoms. The summed E-state index contributed by atoms with van der Waals surface area (Å²) in [6.07, 6.45) is 8.06. The number of nitrogens with one attached hydrogen (secondary N) is 1. The Morgan fingerprint density at radius 2 is 1.61 bits per heavy atom. The number of nitrogens with zero attached hydrogens (tertiary/aromatic N) is 2. The van der Waals surface area contributed by atoms with E-state index >= 15 is 0 Å². The highest BCUT2D eigenvalue weighted by atomic mass is 32.2. The van der Waals surface area contributed by atoms with Crippen molar-refractivity contribution in [2.45, 2.75) is 13.0 Å². The molecule has 0 unspecified atom stereocenters. The van der Waals surface area contributed by atoms with Crippen molar-refractivity contribution in [1.29, 1.82) is 0 Å². The number of carbonyl (C=O) groups excluding carboxylic acids is 3. The van der Waals surface area contributed by atoms with Crippen molar-refractivity contribution in [1.82, 2.24) is 10.2 Å². The summed E-state index contributed by atoms with van der Waals surface area (Å²) in [5.41, 5.74) is 2.74. The van der Waals surface area contributed by atoms with Crippen LogP contribution in [0, 0.1) is 0 Å². The molecule has 0 saturated heterocycles. The maximum atomic E-state index is 13.7. The summed E-state index contributed by atoms with van der Waals surface area (Å²) >= 11 is 1.00. The van der Waals surface area contributed by atoms with Gasteiger partial charge >= 0.3 is 0 Å². The van der Waals surface area contributed by atoms with E-state index in [0.717, 1.165) is 22.9 Å². The van der Waals surface area contributed by atoms with E-state index in [1.807, 2.05) is 60.7 Å². The van der Waals surface area contributed by atoms with Gasteiger partial charge in [0.25, 0.3) is 11.8 Å². The standard InChI is InChI=1S/C33H29N3O4S/c1-3-5-16-26(4-2)36-32(40)28(21-23-17-19-27(37)20-18-23)31(39)35-33(36)41-22-29(38)34-30(24-12-8-6-9-13-24)25-14-10-7-11-15-25/h3-21,30,37H,1,22H2,2H3,(H,34,38)/b16-5-,26-4+,28-21+. The van der Waals surface area contributed by atoms with Gasteiger partial charge in [0.15, 0.2) is 5.17 Å². The van der Waals surface area contributed by atoms with Crippen molar-refractivity contribution in [3.8, 4) is 5.75 Å². The fourth-order valence-corrected chi connectivity index (χ4v) is 4.94. The number of phenolic OH excluding ortho intramolecular Hbond substituents is 1. The Kier molecular flexibility index (Phi) is 9.85. The zero-order chi connectivity index (χ0) is 29.2. The number of thioether (sulfide) groups is 1. The van der Waals surface area contributed by atoms with E-state index in [9.17, 15) is 19.5 Å². The van der Waals surface area contributed by atoms with Crippen molar-refractivity contribution < 1.29 is 19.5 Å².